The van der Waals surface area contributed by atoms with Gasteiger partial charge in [0, 0.05) is 38.3 Å². The summed E-state index contributed by atoms with van der Waals surface area (Å²) in [6.45, 7) is 4.13. The maximum absolute atomic E-state index is 13.1. The Labute approximate surface area is 183 Å². The number of likely N-dealkylation sites (N-methyl/N-ethyl adjacent to an activating group) is 1. The first-order chi connectivity index (χ1) is 15.0. The second-order valence-electron chi connectivity index (χ2n) is 8.20. The summed E-state index contributed by atoms with van der Waals surface area (Å²) in [7, 11) is 1.82. The highest BCUT2D eigenvalue weighted by Crippen LogP contribution is 2.27. The van der Waals surface area contributed by atoms with Gasteiger partial charge in [-0.15, -0.1) is 0 Å². The van der Waals surface area contributed by atoms with Crippen LogP contribution in [0.3, 0.4) is 0 Å². The molecule has 1 fully saturated rings. The lowest BCUT2D eigenvalue weighted by Crippen LogP contribution is -2.40. The molecular formula is C25H29N3O3. The highest BCUT2D eigenvalue weighted by atomic mass is 16.5. The van der Waals surface area contributed by atoms with Gasteiger partial charge >= 0.3 is 0 Å². The van der Waals surface area contributed by atoms with Crippen LogP contribution in [0.15, 0.2) is 60.8 Å². The van der Waals surface area contributed by atoms with Gasteiger partial charge in [-0.2, -0.15) is 0 Å². The molecule has 0 aliphatic carbocycles. The summed E-state index contributed by atoms with van der Waals surface area (Å²) in [4.78, 5) is 21.5. The first-order valence-electron chi connectivity index (χ1n) is 10.7. The molecule has 4 rings (SSSR count). The lowest BCUT2D eigenvalue weighted by atomic mass is 10.0. The number of benzene rings is 2. The van der Waals surface area contributed by atoms with E-state index in [4.69, 9.17) is 4.74 Å². The quantitative estimate of drug-likeness (QED) is 0.637. The van der Waals surface area contributed by atoms with E-state index in [1.807, 2.05) is 68.6 Å². The standard InChI is InChI=1S/C25H29N3O3/c1-18-10-11-23(21-9-6-13-26-25(18)21)31-17-24(30)27(2)22(19-7-4-3-5-8-19)16-28-14-12-20(29)15-28/h3-11,13,20,22,29H,12,14-17H2,1-2H3/t20-,22?/m0/s1. The van der Waals surface area contributed by atoms with Crippen molar-refractivity contribution in [3.63, 3.8) is 0 Å². The molecule has 1 aromatic heterocycles. The fourth-order valence-corrected chi connectivity index (χ4v) is 4.18. The molecule has 0 bridgehead atoms. The van der Waals surface area contributed by atoms with Gasteiger partial charge in [0.05, 0.1) is 17.7 Å². The van der Waals surface area contributed by atoms with E-state index < -0.39 is 0 Å². The third-order valence-electron chi connectivity index (χ3n) is 6.01. The van der Waals surface area contributed by atoms with Crippen molar-refractivity contribution in [2.24, 2.45) is 0 Å². The molecule has 2 heterocycles. The van der Waals surface area contributed by atoms with Crippen molar-refractivity contribution in [1.29, 1.82) is 0 Å². The second-order valence-corrected chi connectivity index (χ2v) is 8.20. The first-order valence-corrected chi connectivity index (χ1v) is 10.7. The summed E-state index contributed by atoms with van der Waals surface area (Å²) in [5.41, 5.74) is 3.03. The van der Waals surface area contributed by atoms with E-state index in [0.29, 0.717) is 18.8 Å². The number of ether oxygens (including phenoxy) is 1. The molecule has 1 N–H and O–H groups in total. The summed E-state index contributed by atoms with van der Waals surface area (Å²) in [5, 5.41) is 10.8. The average molecular weight is 420 g/mol. The molecule has 1 amide bonds. The molecule has 0 saturated carbocycles. The van der Waals surface area contributed by atoms with E-state index in [2.05, 4.69) is 9.88 Å². The van der Waals surface area contributed by atoms with Gasteiger partial charge in [-0.25, -0.2) is 0 Å². The van der Waals surface area contributed by atoms with Crippen LogP contribution in [0.1, 0.15) is 23.6 Å². The van der Waals surface area contributed by atoms with Gasteiger partial charge in [0.1, 0.15) is 5.75 Å². The number of nitrogens with zero attached hydrogens (tertiary/aromatic N) is 3. The molecule has 162 valence electrons. The molecule has 2 aromatic carbocycles. The number of rotatable bonds is 7. The van der Waals surface area contributed by atoms with Crippen LogP contribution in [0.2, 0.25) is 0 Å². The van der Waals surface area contributed by atoms with E-state index in [0.717, 1.165) is 35.0 Å². The number of aromatic nitrogens is 1. The Hall–Kier alpha value is -2.96. The number of likely N-dealkylation sites (tertiary alicyclic amines) is 1. The van der Waals surface area contributed by atoms with Gasteiger partial charge in [0.2, 0.25) is 0 Å². The van der Waals surface area contributed by atoms with Crippen molar-refractivity contribution >= 4 is 16.8 Å². The fourth-order valence-electron chi connectivity index (χ4n) is 4.18. The summed E-state index contributed by atoms with van der Waals surface area (Å²) in [5.74, 6) is 0.570. The largest absolute Gasteiger partial charge is 0.483 e. The van der Waals surface area contributed by atoms with E-state index in [1.165, 1.54) is 0 Å². The molecule has 1 aliphatic heterocycles. The fraction of sp³-hybridized carbons (Fsp3) is 0.360. The van der Waals surface area contributed by atoms with Gasteiger partial charge in [-0.05, 0) is 42.7 Å². The van der Waals surface area contributed by atoms with Gasteiger partial charge in [-0.1, -0.05) is 36.4 Å². The van der Waals surface area contributed by atoms with E-state index in [1.54, 1.807) is 11.1 Å². The van der Waals surface area contributed by atoms with Crippen molar-refractivity contribution < 1.29 is 14.6 Å². The third kappa shape index (κ3) is 4.86. The van der Waals surface area contributed by atoms with Crippen LogP contribution in [0.4, 0.5) is 0 Å². The number of pyridine rings is 1. The van der Waals surface area contributed by atoms with E-state index in [-0.39, 0.29) is 24.7 Å². The molecular weight excluding hydrogens is 390 g/mol. The maximum Gasteiger partial charge on any atom is 0.260 e. The number of amides is 1. The van der Waals surface area contributed by atoms with E-state index in [9.17, 15) is 9.90 Å². The Morgan fingerprint density at radius 2 is 2.03 bits per heavy atom. The number of β-amino-alcohol motifs (C(OH)–C–C–N with tert-alkyl or cyclic N) is 1. The second kappa shape index (κ2) is 9.45. The number of hydrogen-bond acceptors (Lipinski definition) is 5. The highest BCUT2D eigenvalue weighted by Gasteiger charge is 2.28. The van der Waals surface area contributed by atoms with Crippen LogP contribution in [0, 0.1) is 6.92 Å². The monoisotopic (exact) mass is 419 g/mol. The van der Waals surface area contributed by atoms with Crippen LogP contribution in [0.25, 0.3) is 10.9 Å². The number of carbonyl (C=O) groups excluding carboxylic acids is 1. The highest BCUT2D eigenvalue weighted by molar-refractivity contribution is 5.88. The zero-order valence-electron chi connectivity index (χ0n) is 18.1. The van der Waals surface area contributed by atoms with Crippen LogP contribution < -0.4 is 4.74 Å². The lowest BCUT2D eigenvalue weighted by molar-refractivity contribution is -0.134. The molecule has 1 unspecified atom stereocenters. The lowest BCUT2D eigenvalue weighted by Gasteiger charge is -2.32. The van der Waals surface area contributed by atoms with Crippen LogP contribution in [0.5, 0.6) is 5.75 Å². The number of aryl methyl sites for hydroxylation is 1. The van der Waals surface area contributed by atoms with Crippen LogP contribution >= 0.6 is 0 Å². The van der Waals surface area contributed by atoms with Crippen molar-refractivity contribution in [3.8, 4) is 5.75 Å². The molecule has 3 aromatic rings. The van der Waals surface area contributed by atoms with Gasteiger partial charge in [-0.3, -0.25) is 14.7 Å². The van der Waals surface area contributed by atoms with Crippen molar-refractivity contribution in [1.82, 2.24) is 14.8 Å². The minimum absolute atomic E-state index is 0.0461. The molecule has 2 atom stereocenters. The predicted octanol–water partition coefficient (Wildman–Crippen LogP) is 3.19. The number of aliphatic hydroxyl groups excluding tert-OH is 1. The minimum Gasteiger partial charge on any atom is -0.483 e. The molecule has 6 heteroatoms. The number of carbonyl (C=O) groups is 1. The average Bonchev–Trinajstić information content (AvgIpc) is 3.22. The molecule has 0 radical (unpaired) electrons. The third-order valence-corrected chi connectivity index (χ3v) is 6.01. The number of aliphatic hydroxyl groups is 1. The number of fused-ring (bicyclic) bond motifs is 1. The van der Waals surface area contributed by atoms with Crippen molar-refractivity contribution in [2.45, 2.75) is 25.5 Å². The summed E-state index contributed by atoms with van der Waals surface area (Å²) >= 11 is 0. The first kappa shape index (κ1) is 21.3. The zero-order valence-corrected chi connectivity index (χ0v) is 18.1. The van der Waals surface area contributed by atoms with Gasteiger partial charge < -0.3 is 14.7 Å². The SMILES string of the molecule is Cc1ccc(OCC(=O)N(C)C(CN2CC[C@H](O)C2)c2ccccc2)c2cccnc12. The zero-order chi connectivity index (χ0) is 21.8. The number of hydrogen-bond donors (Lipinski definition) is 1. The van der Waals surface area contributed by atoms with Crippen molar-refractivity contribution in [3.05, 3.63) is 71.9 Å². The van der Waals surface area contributed by atoms with Gasteiger partial charge in [0.25, 0.3) is 5.91 Å². The molecule has 1 saturated heterocycles. The Morgan fingerprint density at radius 3 is 2.77 bits per heavy atom. The Balaban J connectivity index is 1.49. The Kier molecular flexibility index (Phi) is 6.49. The van der Waals surface area contributed by atoms with Crippen LogP contribution in [-0.2, 0) is 4.79 Å². The predicted molar refractivity (Wildman–Crippen MR) is 121 cm³/mol. The normalized spacial score (nSPS) is 17.6. The summed E-state index contributed by atoms with van der Waals surface area (Å²) in [6.07, 6.45) is 2.25. The summed E-state index contributed by atoms with van der Waals surface area (Å²) < 4.78 is 5.95. The molecule has 0 spiro atoms. The minimum atomic E-state index is -0.288. The molecule has 6 nitrogen and oxygen atoms in total. The van der Waals surface area contributed by atoms with E-state index >= 15 is 0 Å². The van der Waals surface area contributed by atoms with Gasteiger partial charge in [0.15, 0.2) is 6.61 Å². The molecule has 1 aliphatic rings. The smallest absolute Gasteiger partial charge is 0.260 e. The topological polar surface area (TPSA) is 65.9 Å². The summed E-state index contributed by atoms with van der Waals surface area (Å²) in [6, 6.07) is 17.6. The Morgan fingerprint density at radius 1 is 1.23 bits per heavy atom. The molecule has 31 heavy (non-hydrogen) atoms. The Bertz CT molecular complexity index is 1040. The van der Waals surface area contributed by atoms with Crippen molar-refractivity contribution in [2.75, 3.05) is 33.3 Å². The van der Waals surface area contributed by atoms with Crippen LogP contribution in [-0.4, -0.2) is 65.2 Å². The maximum atomic E-state index is 13.1.